The molecule has 0 radical (unpaired) electrons. The molecule has 8 heteroatoms. The summed E-state index contributed by atoms with van der Waals surface area (Å²) in [5.74, 6) is 0.637. The molecule has 6 nitrogen and oxygen atoms in total. The van der Waals surface area contributed by atoms with Crippen molar-refractivity contribution in [2.75, 3.05) is 14.2 Å². The first-order valence-electron chi connectivity index (χ1n) is 11.5. The number of aryl methyl sites for hydroxylation is 2. The van der Waals surface area contributed by atoms with E-state index >= 15 is 0 Å². The highest BCUT2D eigenvalue weighted by molar-refractivity contribution is 14.2. The maximum absolute atomic E-state index is 13.7. The van der Waals surface area contributed by atoms with E-state index in [4.69, 9.17) is 9.47 Å². The van der Waals surface area contributed by atoms with E-state index in [2.05, 4.69) is 21.2 Å². The summed E-state index contributed by atoms with van der Waals surface area (Å²) >= 11 is 2.13. The predicted octanol–water partition coefficient (Wildman–Crippen LogP) is 7.25. The van der Waals surface area contributed by atoms with Gasteiger partial charge in [-0.05, 0) is 67.4 Å². The maximum atomic E-state index is 13.7. The van der Waals surface area contributed by atoms with Crippen molar-refractivity contribution in [3.63, 3.8) is 0 Å². The number of aromatic nitrogens is 2. The van der Waals surface area contributed by atoms with Gasteiger partial charge in [-0.2, -0.15) is 0 Å². The highest BCUT2D eigenvalue weighted by atomic mass is 127. The first-order chi connectivity index (χ1) is 17.4. The summed E-state index contributed by atoms with van der Waals surface area (Å²) in [5.41, 5.74) is 4.41. The Labute approximate surface area is 228 Å². The summed E-state index contributed by atoms with van der Waals surface area (Å²) < 4.78 is 14.5. The molecule has 0 saturated heterocycles. The van der Waals surface area contributed by atoms with Crippen molar-refractivity contribution in [1.82, 2.24) is 8.54 Å². The highest BCUT2D eigenvalue weighted by Gasteiger charge is 2.26. The number of halogens is 1. The van der Waals surface area contributed by atoms with E-state index in [0.29, 0.717) is 39.7 Å². The highest BCUT2D eigenvalue weighted by Crippen LogP contribution is 2.32. The smallest absolute Gasteiger partial charge is 0.216 e. The SMILES string of the molecule is CC.COc1cc(C)ccc1C(=O)c1c(-n2cccc2C(=O)c2ccc(C)cc2OC)ccn1SI. The van der Waals surface area contributed by atoms with Crippen LogP contribution in [0.25, 0.3) is 5.69 Å². The van der Waals surface area contributed by atoms with Crippen LogP contribution in [0.3, 0.4) is 0 Å². The largest absolute Gasteiger partial charge is 0.496 e. The molecule has 4 aromatic rings. The van der Waals surface area contributed by atoms with Crippen LogP contribution in [0, 0.1) is 13.8 Å². The second-order valence-corrected chi connectivity index (χ2v) is 9.49. The zero-order valence-electron chi connectivity index (χ0n) is 21.2. The van der Waals surface area contributed by atoms with E-state index in [9.17, 15) is 9.59 Å². The molecule has 0 aliphatic rings. The van der Waals surface area contributed by atoms with Crippen LogP contribution in [0.15, 0.2) is 67.0 Å². The molecule has 0 amide bonds. The second kappa shape index (κ2) is 12.3. The van der Waals surface area contributed by atoms with E-state index < -0.39 is 0 Å². The minimum Gasteiger partial charge on any atom is -0.496 e. The van der Waals surface area contributed by atoms with Gasteiger partial charge in [0.2, 0.25) is 11.6 Å². The average Bonchev–Trinajstić information content (AvgIpc) is 3.55. The quantitative estimate of drug-likeness (QED) is 0.154. The number of carbonyl (C=O) groups is 2. The minimum atomic E-state index is -0.193. The number of ether oxygens (including phenoxy) is 2. The zero-order chi connectivity index (χ0) is 26.4. The van der Waals surface area contributed by atoms with Crippen LogP contribution in [0.2, 0.25) is 0 Å². The summed E-state index contributed by atoms with van der Waals surface area (Å²) in [4.78, 5) is 27.3. The molecule has 0 bridgehead atoms. The number of hydrogen-bond acceptors (Lipinski definition) is 5. The molecule has 188 valence electrons. The third-order valence-corrected chi connectivity index (χ3v) is 7.29. The summed E-state index contributed by atoms with van der Waals surface area (Å²) in [6.07, 6.45) is 3.61. The van der Waals surface area contributed by atoms with Crippen molar-refractivity contribution in [3.05, 3.63) is 101 Å². The standard InChI is InChI=1S/C26H23IN2O4S.C2H6/c1-16-7-9-18(22(14-16)32-3)25(30)21-6-5-12-28(21)20-11-13-29(34-27)24(20)26(31)19-10-8-17(2)15-23(19)33-4;1-2/h5-15H,1-4H3;1-2H3. The van der Waals surface area contributed by atoms with E-state index in [1.807, 2.05) is 64.2 Å². The fraction of sp³-hybridized carbons (Fsp3) is 0.214. The fourth-order valence-electron chi connectivity index (χ4n) is 3.89. The number of ketones is 2. The third kappa shape index (κ3) is 5.39. The van der Waals surface area contributed by atoms with Crippen LogP contribution < -0.4 is 9.47 Å². The molecule has 0 fully saturated rings. The van der Waals surface area contributed by atoms with Crippen LogP contribution in [0.1, 0.15) is 57.1 Å². The zero-order valence-corrected chi connectivity index (χ0v) is 24.1. The van der Waals surface area contributed by atoms with E-state index in [-0.39, 0.29) is 11.6 Å². The van der Waals surface area contributed by atoms with Crippen molar-refractivity contribution in [3.8, 4) is 17.2 Å². The van der Waals surface area contributed by atoms with E-state index in [0.717, 1.165) is 11.1 Å². The van der Waals surface area contributed by atoms with Gasteiger partial charge < -0.3 is 14.0 Å². The van der Waals surface area contributed by atoms with Crippen LogP contribution in [-0.2, 0) is 0 Å². The minimum absolute atomic E-state index is 0.192. The Bertz CT molecular complexity index is 1390. The monoisotopic (exact) mass is 616 g/mol. The fourth-order valence-corrected chi connectivity index (χ4v) is 5.22. The molecule has 0 N–H and O–H groups in total. The van der Waals surface area contributed by atoms with Gasteiger partial charge in [0.15, 0.2) is 0 Å². The van der Waals surface area contributed by atoms with E-state index in [1.54, 1.807) is 53.2 Å². The van der Waals surface area contributed by atoms with Gasteiger partial charge in [-0.1, -0.05) is 26.0 Å². The van der Waals surface area contributed by atoms with Gasteiger partial charge in [-0.25, -0.2) is 0 Å². The molecule has 0 saturated carbocycles. The molecule has 4 rings (SSSR count). The van der Waals surface area contributed by atoms with Crippen molar-refractivity contribution in [2.24, 2.45) is 0 Å². The maximum Gasteiger partial charge on any atom is 0.216 e. The summed E-state index contributed by atoms with van der Waals surface area (Å²) in [6.45, 7) is 7.89. The van der Waals surface area contributed by atoms with Gasteiger partial charge in [0.25, 0.3) is 0 Å². The van der Waals surface area contributed by atoms with E-state index in [1.165, 1.54) is 9.12 Å². The first-order valence-corrected chi connectivity index (χ1v) is 14.8. The molecule has 2 heterocycles. The molecule has 2 aromatic heterocycles. The van der Waals surface area contributed by atoms with Gasteiger partial charge in [0.05, 0.1) is 36.7 Å². The predicted molar refractivity (Wildman–Crippen MR) is 154 cm³/mol. The van der Waals surface area contributed by atoms with Crippen LogP contribution in [-0.4, -0.2) is 34.3 Å². The molecule has 36 heavy (non-hydrogen) atoms. The Balaban J connectivity index is 0.00000176. The normalized spacial score (nSPS) is 10.4. The number of benzene rings is 2. The summed E-state index contributed by atoms with van der Waals surface area (Å²) in [6, 6.07) is 16.4. The number of nitrogens with zero attached hydrogens (tertiary/aromatic N) is 2. The van der Waals surface area contributed by atoms with Gasteiger partial charge in [-0.3, -0.25) is 13.6 Å². The number of carbonyl (C=O) groups excluding carboxylic acids is 2. The lowest BCUT2D eigenvalue weighted by Gasteiger charge is -2.14. The van der Waals surface area contributed by atoms with Crippen molar-refractivity contribution in [2.45, 2.75) is 27.7 Å². The molecule has 0 unspecified atom stereocenters. The molecule has 0 aliphatic heterocycles. The van der Waals surface area contributed by atoms with Gasteiger partial charge >= 0.3 is 0 Å². The Morgan fingerprint density at radius 3 is 1.89 bits per heavy atom. The molecule has 0 spiro atoms. The third-order valence-electron chi connectivity index (χ3n) is 5.56. The lowest BCUT2D eigenvalue weighted by molar-refractivity contribution is 0.101. The Morgan fingerprint density at radius 2 is 1.36 bits per heavy atom. The molecule has 0 aliphatic carbocycles. The molecule has 2 aromatic carbocycles. The molecule has 0 atom stereocenters. The van der Waals surface area contributed by atoms with Gasteiger partial charge in [0.1, 0.15) is 17.2 Å². The van der Waals surface area contributed by atoms with Crippen molar-refractivity contribution >= 4 is 41.9 Å². The van der Waals surface area contributed by atoms with Crippen LogP contribution >= 0.6 is 30.3 Å². The lowest BCUT2D eigenvalue weighted by Crippen LogP contribution is -2.14. The topological polar surface area (TPSA) is 62.5 Å². The summed E-state index contributed by atoms with van der Waals surface area (Å²) in [5, 5.41) is 0. The Morgan fingerprint density at radius 1 is 0.806 bits per heavy atom. The van der Waals surface area contributed by atoms with Crippen molar-refractivity contribution in [1.29, 1.82) is 0 Å². The van der Waals surface area contributed by atoms with Gasteiger partial charge in [0, 0.05) is 42.7 Å². The molecular formula is C28H29IN2O4S. The van der Waals surface area contributed by atoms with Crippen LogP contribution in [0.5, 0.6) is 11.5 Å². The van der Waals surface area contributed by atoms with Crippen molar-refractivity contribution < 1.29 is 19.1 Å². The first kappa shape index (κ1) is 27.6. The summed E-state index contributed by atoms with van der Waals surface area (Å²) in [7, 11) is 4.48. The molecular weight excluding hydrogens is 587 g/mol. The Hall–Kier alpha value is -2.98. The van der Waals surface area contributed by atoms with Crippen LogP contribution in [0.4, 0.5) is 0 Å². The number of hydrogen-bond donors (Lipinski definition) is 0. The van der Waals surface area contributed by atoms with Gasteiger partial charge in [-0.15, -0.1) is 0 Å². The lowest BCUT2D eigenvalue weighted by atomic mass is 10.0. The second-order valence-electron chi connectivity index (χ2n) is 7.77. The number of methoxy groups -OCH3 is 2. The Kier molecular flexibility index (Phi) is 9.44. The average molecular weight is 617 g/mol. The number of rotatable bonds is 8.